The molecule has 144 valence electrons. The summed E-state index contributed by atoms with van der Waals surface area (Å²) in [4.78, 5) is 25.9. The number of benzene rings is 2. The van der Waals surface area contributed by atoms with Gasteiger partial charge in [0.2, 0.25) is 0 Å². The minimum absolute atomic E-state index is 0.0785. The molecule has 0 aliphatic carbocycles. The molecule has 0 spiro atoms. The summed E-state index contributed by atoms with van der Waals surface area (Å²) >= 11 is 0. The van der Waals surface area contributed by atoms with Crippen molar-refractivity contribution in [2.75, 3.05) is 19.4 Å². The summed E-state index contributed by atoms with van der Waals surface area (Å²) in [6.45, 7) is 7.92. The van der Waals surface area contributed by atoms with Crippen LogP contribution in [0.1, 0.15) is 48.2 Å². The standard InChI is InChI=1S/C22H28N2O3/c1-14(2)19-12-7-15(3)13-20(19)27-16(4)21(25)23-18-10-8-17(9-11-18)22(26)24(5)6/h7-14,16H,1-6H3,(H,23,25)/t16-/m0/s1. The molecule has 2 rings (SSSR count). The molecule has 0 saturated heterocycles. The van der Waals surface area contributed by atoms with Crippen molar-refractivity contribution in [3.8, 4) is 5.75 Å². The van der Waals surface area contributed by atoms with Gasteiger partial charge in [0.1, 0.15) is 5.75 Å². The molecule has 2 amide bonds. The first-order valence-corrected chi connectivity index (χ1v) is 9.08. The Balaban J connectivity index is 2.06. The summed E-state index contributed by atoms with van der Waals surface area (Å²) in [6.07, 6.45) is -0.646. The molecule has 27 heavy (non-hydrogen) atoms. The highest BCUT2D eigenvalue weighted by Crippen LogP contribution is 2.28. The van der Waals surface area contributed by atoms with Crippen LogP contribution >= 0.6 is 0 Å². The number of anilines is 1. The fraction of sp³-hybridized carbons (Fsp3) is 0.364. The molecule has 0 saturated carbocycles. The van der Waals surface area contributed by atoms with Crippen LogP contribution in [0.2, 0.25) is 0 Å². The fourth-order valence-corrected chi connectivity index (χ4v) is 2.66. The van der Waals surface area contributed by atoms with Gasteiger partial charge in [0.15, 0.2) is 6.10 Å². The lowest BCUT2D eigenvalue weighted by molar-refractivity contribution is -0.122. The van der Waals surface area contributed by atoms with E-state index in [1.165, 1.54) is 4.90 Å². The molecule has 2 aromatic rings. The van der Waals surface area contributed by atoms with Gasteiger partial charge in [-0.25, -0.2) is 0 Å². The predicted molar refractivity (Wildman–Crippen MR) is 108 cm³/mol. The van der Waals surface area contributed by atoms with Crippen LogP contribution in [0.3, 0.4) is 0 Å². The third kappa shape index (κ3) is 5.33. The second-order valence-electron chi connectivity index (χ2n) is 7.22. The zero-order valence-electron chi connectivity index (χ0n) is 16.9. The number of nitrogens with zero attached hydrogens (tertiary/aromatic N) is 1. The van der Waals surface area contributed by atoms with Gasteiger partial charge in [-0.2, -0.15) is 0 Å². The highest BCUT2D eigenvalue weighted by atomic mass is 16.5. The van der Waals surface area contributed by atoms with Gasteiger partial charge in [0.05, 0.1) is 0 Å². The van der Waals surface area contributed by atoms with Crippen LogP contribution < -0.4 is 10.1 Å². The molecule has 0 radical (unpaired) electrons. The number of rotatable bonds is 6. The van der Waals surface area contributed by atoms with Crippen LogP contribution in [0.4, 0.5) is 5.69 Å². The Morgan fingerprint density at radius 3 is 2.19 bits per heavy atom. The molecular formula is C22H28N2O3. The van der Waals surface area contributed by atoms with Gasteiger partial charge in [0.25, 0.3) is 11.8 Å². The van der Waals surface area contributed by atoms with Crippen LogP contribution in [0.25, 0.3) is 0 Å². The maximum atomic E-state index is 12.5. The van der Waals surface area contributed by atoms with Crippen LogP contribution in [-0.2, 0) is 4.79 Å². The van der Waals surface area contributed by atoms with Crippen LogP contribution in [0, 0.1) is 6.92 Å². The zero-order valence-corrected chi connectivity index (χ0v) is 16.9. The topological polar surface area (TPSA) is 58.6 Å². The van der Waals surface area contributed by atoms with Crippen molar-refractivity contribution in [3.05, 3.63) is 59.2 Å². The van der Waals surface area contributed by atoms with Crippen molar-refractivity contribution < 1.29 is 14.3 Å². The number of amides is 2. The van der Waals surface area contributed by atoms with Crippen molar-refractivity contribution in [1.29, 1.82) is 0 Å². The summed E-state index contributed by atoms with van der Waals surface area (Å²) in [6, 6.07) is 12.9. The Morgan fingerprint density at radius 2 is 1.63 bits per heavy atom. The molecule has 0 bridgehead atoms. The summed E-state index contributed by atoms with van der Waals surface area (Å²) in [7, 11) is 3.40. The van der Waals surface area contributed by atoms with E-state index in [2.05, 4.69) is 19.2 Å². The molecule has 0 aliphatic rings. The van der Waals surface area contributed by atoms with Crippen molar-refractivity contribution in [3.63, 3.8) is 0 Å². The van der Waals surface area contributed by atoms with E-state index in [4.69, 9.17) is 4.74 Å². The summed E-state index contributed by atoms with van der Waals surface area (Å²) in [5.74, 6) is 0.723. The van der Waals surface area contributed by atoms with Gasteiger partial charge in [-0.1, -0.05) is 26.0 Å². The predicted octanol–water partition coefficient (Wildman–Crippen LogP) is 4.23. The third-order valence-corrected chi connectivity index (χ3v) is 4.27. The first-order valence-electron chi connectivity index (χ1n) is 9.08. The van der Waals surface area contributed by atoms with Gasteiger partial charge in [0, 0.05) is 25.3 Å². The Labute approximate surface area is 161 Å². The largest absolute Gasteiger partial charge is 0.481 e. The minimum atomic E-state index is -0.646. The molecular weight excluding hydrogens is 340 g/mol. The Hall–Kier alpha value is -2.82. The summed E-state index contributed by atoms with van der Waals surface area (Å²) in [5.41, 5.74) is 3.36. The quantitative estimate of drug-likeness (QED) is 0.830. The number of aryl methyl sites for hydroxylation is 1. The summed E-state index contributed by atoms with van der Waals surface area (Å²) in [5, 5.41) is 2.83. The van der Waals surface area contributed by atoms with Gasteiger partial charge in [-0.15, -0.1) is 0 Å². The Bertz CT molecular complexity index is 811. The first-order chi connectivity index (χ1) is 12.7. The van der Waals surface area contributed by atoms with E-state index in [9.17, 15) is 9.59 Å². The maximum Gasteiger partial charge on any atom is 0.265 e. The maximum absolute atomic E-state index is 12.5. The molecule has 2 aromatic carbocycles. The van der Waals surface area contributed by atoms with Crippen molar-refractivity contribution in [2.45, 2.75) is 39.7 Å². The molecule has 5 nitrogen and oxygen atoms in total. The lowest BCUT2D eigenvalue weighted by Gasteiger charge is -2.19. The normalized spacial score (nSPS) is 11.8. The van der Waals surface area contributed by atoms with Crippen molar-refractivity contribution in [2.24, 2.45) is 0 Å². The van der Waals surface area contributed by atoms with Crippen LogP contribution in [0.15, 0.2) is 42.5 Å². The monoisotopic (exact) mass is 368 g/mol. The molecule has 0 unspecified atom stereocenters. The average Bonchev–Trinajstić information content (AvgIpc) is 2.61. The molecule has 0 fully saturated rings. The first kappa shape index (κ1) is 20.5. The molecule has 1 atom stereocenters. The van der Waals surface area contributed by atoms with Gasteiger partial charge in [-0.3, -0.25) is 9.59 Å². The fourth-order valence-electron chi connectivity index (χ4n) is 2.66. The van der Waals surface area contributed by atoms with E-state index in [0.717, 1.165) is 16.9 Å². The molecule has 0 aliphatic heterocycles. The Morgan fingerprint density at radius 1 is 1.00 bits per heavy atom. The molecule has 5 heteroatoms. The second-order valence-corrected chi connectivity index (χ2v) is 7.22. The summed E-state index contributed by atoms with van der Waals surface area (Å²) < 4.78 is 5.94. The molecule has 0 heterocycles. The number of carbonyl (C=O) groups excluding carboxylic acids is 2. The van der Waals surface area contributed by atoms with Gasteiger partial charge in [-0.05, 0) is 61.2 Å². The second kappa shape index (κ2) is 8.71. The lowest BCUT2D eigenvalue weighted by Crippen LogP contribution is -2.30. The van der Waals surface area contributed by atoms with Crippen LogP contribution in [-0.4, -0.2) is 36.9 Å². The third-order valence-electron chi connectivity index (χ3n) is 4.27. The highest BCUT2D eigenvalue weighted by Gasteiger charge is 2.18. The van der Waals surface area contributed by atoms with E-state index in [1.807, 2.05) is 25.1 Å². The lowest BCUT2D eigenvalue weighted by atomic mass is 10.0. The van der Waals surface area contributed by atoms with Crippen LogP contribution in [0.5, 0.6) is 5.75 Å². The van der Waals surface area contributed by atoms with E-state index in [-0.39, 0.29) is 11.8 Å². The minimum Gasteiger partial charge on any atom is -0.481 e. The van der Waals surface area contributed by atoms with Crippen molar-refractivity contribution >= 4 is 17.5 Å². The molecule has 1 N–H and O–H groups in total. The number of carbonyl (C=O) groups is 2. The number of nitrogens with one attached hydrogen (secondary N) is 1. The highest BCUT2D eigenvalue weighted by molar-refractivity contribution is 5.96. The molecule has 0 aromatic heterocycles. The number of hydrogen-bond acceptors (Lipinski definition) is 3. The Kier molecular flexibility index (Phi) is 6.61. The van der Waals surface area contributed by atoms with Gasteiger partial charge < -0.3 is 15.0 Å². The van der Waals surface area contributed by atoms with Crippen molar-refractivity contribution in [1.82, 2.24) is 4.90 Å². The van der Waals surface area contributed by atoms with E-state index < -0.39 is 6.10 Å². The van der Waals surface area contributed by atoms with E-state index >= 15 is 0 Å². The average molecular weight is 368 g/mol. The number of ether oxygens (including phenoxy) is 1. The van der Waals surface area contributed by atoms with E-state index in [0.29, 0.717) is 17.2 Å². The zero-order chi connectivity index (χ0) is 20.1. The SMILES string of the molecule is Cc1ccc(C(C)C)c(O[C@@H](C)C(=O)Nc2ccc(C(=O)N(C)C)cc2)c1. The van der Waals surface area contributed by atoms with E-state index in [1.54, 1.807) is 45.3 Å². The smallest absolute Gasteiger partial charge is 0.265 e. The number of hydrogen-bond donors (Lipinski definition) is 1. The van der Waals surface area contributed by atoms with Gasteiger partial charge >= 0.3 is 0 Å².